The zero-order valence-electron chi connectivity index (χ0n) is 20.4. The zero-order valence-corrected chi connectivity index (χ0v) is 21.2. The lowest BCUT2D eigenvalue weighted by molar-refractivity contribution is -0.142. The Balaban J connectivity index is 1.02. The van der Waals surface area contributed by atoms with E-state index < -0.39 is 5.60 Å². The number of anilines is 1. The fraction of sp³-hybridized carbons (Fsp3) is 0.667. The third-order valence-corrected chi connectivity index (χ3v) is 10.1. The number of imide groups is 1. The van der Waals surface area contributed by atoms with Crippen LogP contribution in [0.15, 0.2) is 24.3 Å². The van der Waals surface area contributed by atoms with Crippen LogP contribution in [0.4, 0.5) is 5.82 Å². The summed E-state index contributed by atoms with van der Waals surface area (Å²) in [5.41, 5.74) is -0.798. The Morgan fingerprint density at radius 3 is 2.74 bits per heavy atom. The predicted molar refractivity (Wildman–Crippen MR) is 137 cm³/mol. The van der Waals surface area contributed by atoms with Crippen molar-refractivity contribution in [1.82, 2.24) is 14.6 Å². The SMILES string of the molecule is C[C@]1(O)C[C@@H]2CC1[C@H]1C(=O)N(CC3CCCCC3CNCCNc3nsc4ccccc34)C(=O)C21. The quantitative estimate of drug-likeness (QED) is 0.383. The number of rotatable bonds is 8. The first-order chi connectivity index (χ1) is 16.9. The smallest absolute Gasteiger partial charge is 0.233 e. The Hall–Kier alpha value is -2.03. The number of nitrogens with zero attached hydrogens (tertiary/aromatic N) is 2. The molecule has 2 heterocycles. The van der Waals surface area contributed by atoms with Crippen LogP contribution in [0.2, 0.25) is 0 Å². The van der Waals surface area contributed by atoms with E-state index in [1.165, 1.54) is 34.5 Å². The van der Waals surface area contributed by atoms with Crippen molar-refractivity contribution in [2.75, 3.05) is 31.5 Å². The highest BCUT2D eigenvalue weighted by molar-refractivity contribution is 7.13. The second kappa shape index (κ2) is 9.12. The molecule has 4 aliphatic rings. The molecule has 1 aliphatic heterocycles. The van der Waals surface area contributed by atoms with Crippen molar-refractivity contribution in [2.24, 2.45) is 35.5 Å². The summed E-state index contributed by atoms with van der Waals surface area (Å²) < 4.78 is 5.73. The summed E-state index contributed by atoms with van der Waals surface area (Å²) in [6.45, 7) is 4.97. The van der Waals surface area contributed by atoms with Crippen LogP contribution in [-0.4, -0.2) is 58.0 Å². The van der Waals surface area contributed by atoms with Crippen molar-refractivity contribution >= 4 is 39.3 Å². The molecule has 1 saturated heterocycles. The van der Waals surface area contributed by atoms with Crippen LogP contribution in [0.1, 0.15) is 45.4 Å². The van der Waals surface area contributed by atoms with Gasteiger partial charge in [0, 0.05) is 30.9 Å². The van der Waals surface area contributed by atoms with Gasteiger partial charge in [0.15, 0.2) is 0 Å². The maximum atomic E-state index is 13.3. The van der Waals surface area contributed by atoms with Gasteiger partial charge in [-0.3, -0.25) is 14.5 Å². The number of hydrogen-bond acceptors (Lipinski definition) is 7. The Morgan fingerprint density at radius 1 is 1.11 bits per heavy atom. The van der Waals surface area contributed by atoms with E-state index in [1.807, 2.05) is 19.1 Å². The van der Waals surface area contributed by atoms with Gasteiger partial charge in [0.05, 0.1) is 22.1 Å². The van der Waals surface area contributed by atoms with Crippen LogP contribution in [0, 0.1) is 35.5 Å². The highest BCUT2D eigenvalue weighted by atomic mass is 32.1. The molecule has 188 valence electrons. The van der Waals surface area contributed by atoms with E-state index in [1.54, 1.807) is 4.90 Å². The number of carbonyl (C=O) groups excluding carboxylic acids is 2. The van der Waals surface area contributed by atoms with Gasteiger partial charge >= 0.3 is 0 Å². The highest BCUT2D eigenvalue weighted by Gasteiger charge is 2.66. The van der Waals surface area contributed by atoms with E-state index in [4.69, 9.17) is 0 Å². The molecule has 6 rings (SSSR count). The maximum absolute atomic E-state index is 13.3. The summed E-state index contributed by atoms with van der Waals surface area (Å²) in [5.74, 6) is 1.47. The molecule has 1 aromatic carbocycles. The minimum Gasteiger partial charge on any atom is -0.390 e. The number of fused-ring (bicyclic) bond motifs is 6. The zero-order chi connectivity index (χ0) is 24.2. The highest BCUT2D eigenvalue weighted by Crippen LogP contribution is 2.60. The topological polar surface area (TPSA) is 94.6 Å². The molecule has 0 radical (unpaired) electrons. The molecule has 3 aliphatic carbocycles. The van der Waals surface area contributed by atoms with Gasteiger partial charge in [-0.2, -0.15) is 4.37 Å². The maximum Gasteiger partial charge on any atom is 0.233 e. The van der Waals surface area contributed by atoms with Crippen molar-refractivity contribution in [2.45, 2.75) is 51.0 Å². The van der Waals surface area contributed by atoms with Gasteiger partial charge in [-0.1, -0.05) is 25.0 Å². The summed E-state index contributed by atoms with van der Waals surface area (Å²) in [5, 5.41) is 19.0. The van der Waals surface area contributed by atoms with Crippen molar-refractivity contribution in [3.05, 3.63) is 24.3 Å². The van der Waals surface area contributed by atoms with E-state index >= 15 is 0 Å². The minimum atomic E-state index is -0.798. The molecule has 7 atom stereocenters. The van der Waals surface area contributed by atoms with Gasteiger partial charge in [-0.25, -0.2) is 0 Å². The van der Waals surface area contributed by atoms with Crippen molar-refractivity contribution in [3.63, 3.8) is 0 Å². The van der Waals surface area contributed by atoms with Crippen LogP contribution in [-0.2, 0) is 9.59 Å². The van der Waals surface area contributed by atoms with Crippen LogP contribution in [0.25, 0.3) is 10.1 Å². The number of likely N-dealkylation sites (tertiary alicyclic amines) is 1. The van der Waals surface area contributed by atoms with Crippen molar-refractivity contribution < 1.29 is 14.7 Å². The number of carbonyl (C=O) groups is 2. The third-order valence-electron chi connectivity index (χ3n) is 9.32. The molecule has 4 fully saturated rings. The first kappa shape index (κ1) is 23.4. The normalized spacial score (nSPS) is 36.3. The number of aromatic nitrogens is 1. The van der Waals surface area contributed by atoms with Gasteiger partial charge in [0.1, 0.15) is 5.82 Å². The Morgan fingerprint density at radius 2 is 1.89 bits per heavy atom. The van der Waals surface area contributed by atoms with Crippen molar-refractivity contribution in [1.29, 1.82) is 0 Å². The number of nitrogens with one attached hydrogen (secondary N) is 2. The molecule has 3 saturated carbocycles. The van der Waals surface area contributed by atoms with E-state index in [0.717, 1.165) is 44.7 Å². The molecule has 2 bridgehead atoms. The average molecular weight is 497 g/mol. The van der Waals surface area contributed by atoms with Crippen LogP contribution in [0.5, 0.6) is 0 Å². The average Bonchev–Trinajstić information content (AvgIpc) is 3.57. The number of hydrogen-bond donors (Lipinski definition) is 3. The summed E-state index contributed by atoms with van der Waals surface area (Å²) >= 11 is 1.52. The van der Waals surface area contributed by atoms with Crippen LogP contribution in [0.3, 0.4) is 0 Å². The van der Waals surface area contributed by atoms with Crippen molar-refractivity contribution in [3.8, 4) is 0 Å². The van der Waals surface area contributed by atoms with Gasteiger partial charge in [-0.15, -0.1) is 0 Å². The Labute approximate surface area is 210 Å². The molecule has 0 spiro atoms. The largest absolute Gasteiger partial charge is 0.390 e. The lowest BCUT2D eigenvalue weighted by Crippen LogP contribution is -2.43. The fourth-order valence-corrected chi connectivity index (χ4v) is 8.38. The fourth-order valence-electron chi connectivity index (χ4n) is 7.62. The molecule has 2 amide bonds. The second-order valence-corrected chi connectivity index (χ2v) is 12.3. The number of amides is 2. The lowest BCUT2D eigenvalue weighted by Gasteiger charge is -2.34. The van der Waals surface area contributed by atoms with Gasteiger partial charge < -0.3 is 15.7 Å². The first-order valence-corrected chi connectivity index (χ1v) is 14.1. The molecular formula is C27H36N4O3S. The second-order valence-electron chi connectivity index (χ2n) is 11.5. The Bertz CT molecular complexity index is 1120. The first-order valence-electron chi connectivity index (χ1n) is 13.3. The molecule has 35 heavy (non-hydrogen) atoms. The van der Waals surface area contributed by atoms with E-state index in [-0.39, 0.29) is 35.5 Å². The molecule has 8 heteroatoms. The third kappa shape index (κ3) is 4.07. The number of benzene rings is 1. The molecule has 4 unspecified atom stereocenters. The molecule has 7 nitrogen and oxygen atoms in total. The van der Waals surface area contributed by atoms with Crippen LogP contribution >= 0.6 is 11.5 Å². The van der Waals surface area contributed by atoms with Crippen LogP contribution < -0.4 is 10.6 Å². The summed E-state index contributed by atoms with van der Waals surface area (Å²) in [7, 11) is 0. The van der Waals surface area contributed by atoms with E-state index in [0.29, 0.717) is 24.8 Å². The monoisotopic (exact) mass is 496 g/mol. The van der Waals surface area contributed by atoms with E-state index in [9.17, 15) is 14.7 Å². The molecule has 3 N–H and O–H groups in total. The Kier molecular flexibility index (Phi) is 6.09. The predicted octanol–water partition coefficient (Wildman–Crippen LogP) is 3.50. The van der Waals surface area contributed by atoms with Gasteiger partial charge in [0.25, 0.3) is 0 Å². The van der Waals surface area contributed by atoms with E-state index in [2.05, 4.69) is 27.1 Å². The molecular weight excluding hydrogens is 460 g/mol. The minimum absolute atomic E-state index is 0.00977. The number of aliphatic hydroxyl groups is 1. The summed E-state index contributed by atoms with van der Waals surface area (Å²) in [4.78, 5) is 28.2. The molecule has 2 aromatic rings. The van der Waals surface area contributed by atoms with Gasteiger partial charge in [0.2, 0.25) is 11.8 Å². The summed E-state index contributed by atoms with van der Waals surface area (Å²) in [6.07, 6.45) is 6.09. The van der Waals surface area contributed by atoms with Gasteiger partial charge in [-0.05, 0) is 80.6 Å². The molecule has 1 aromatic heterocycles. The summed E-state index contributed by atoms with van der Waals surface area (Å²) in [6, 6.07) is 8.27. The standard InChI is InChI=1S/C27H36N4O3S/c1-27(34)13-18-12-20(27)23-22(18)25(32)31(26(23)33)15-17-7-3-2-6-16(17)14-28-10-11-29-24-19-8-4-5-9-21(19)35-30-24/h4-5,8-9,16-18,20,22-23,28,34H,2-3,6-7,10-15H2,1H3,(H,29,30)/t16?,17?,18-,20?,22?,23+,27-/m0/s1. The lowest BCUT2D eigenvalue weighted by atomic mass is 9.73.